The van der Waals surface area contributed by atoms with Gasteiger partial charge >= 0.3 is 0 Å². The second kappa shape index (κ2) is 6.51. The van der Waals surface area contributed by atoms with Crippen LogP contribution in [0.15, 0.2) is 24.3 Å². The predicted octanol–water partition coefficient (Wildman–Crippen LogP) is 2.98. The molecule has 1 aromatic heterocycles. The molecule has 0 spiro atoms. The fraction of sp³-hybridized carbons (Fsp3) is 0.438. The van der Waals surface area contributed by atoms with Crippen molar-refractivity contribution < 1.29 is 4.74 Å². The van der Waals surface area contributed by atoms with Crippen LogP contribution in [0, 0.1) is 16.7 Å². The second-order valence-electron chi connectivity index (χ2n) is 5.81. The Morgan fingerprint density at radius 3 is 2.76 bits per heavy atom. The molecule has 0 bridgehead atoms. The van der Waals surface area contributed by atoms with Crippen molar-refractivity contribution in [2.75, 3.05) is 25.6 Å². The van der Waals surface area contributed by atoms with E-state index in [4.69, 9.17) is 4.74 Å². The topological polar surface area (TPSA) is 70.8 Å². The summed E-state index contributed by atoms with van der Waals surface area (Å²) >= 11 is 0. The van der Waals surface area contributed by atoms with Crippen LogP contribution < -0.4 is 5.32 Å². The van der Waals surface area contributed by atoms with E-state index in [-0.39, 0.29) is 5.41 Å². The van der Waals surface area contributed by atoms with Crippen LogP contribution in [-0.2, 0) is 4.74 Å². The zero-order chi connectivity index (χ0) is 15.3. The molecule has 1 heterocycles. The van der Waals surface area contributed by atoms with E-state index in [1.807, 2.05) is 24.3 Å². The third-order valence-electron chi connectivity index (χ3n) is 3.50. The summed E-state index contributed by atoms with van der Waals surface area (Å²) in [5.74, 6) is 0. The van der Waals surface area contributed by atoms with Crippen LogP contribution in [0.3, 0.4) is 0 Å². The molecule has 21 heavy (non-hydrogen) atoms. The van der Waals surface area contributed by atoms with Gasteiger partial charge in [0.05, 0.1) is 11.2 Å². The van der Waals surface area contributed by atoms with Gasteiger partial charge in [-0.3, -0.25) is 0 Å². The molecule has 1 aromatic carbocycles. The van der Waals surface area contributed by atoms with Crippen molar-refractivity contribution in [3.63, 3.8) is 0 Å². The molecule has 0 fully saturated rings. The van der Waals surface area contributed by atoms with Crippen LogP contribution in [0.25, 0.3) is 10.9 Å². The number of hydrogen-bond donors (Lipinski definition) is 1. The van der Waals surface area contributed by atoms with Crippen LogP contribution in [0.1, 0.15) is 26.0 Å². The van der Waals surface area contributed by atoms with Crippen LogP contribution in [0.5, 0.6) is 0 Å². The predicted molar refractivity (Wildman–Crippen MR) is 83.0 cm³/mol. The van der Waals surface area contributed by atoms with E-state index in [0.29, 0.717) is 5.69 Å². The Hall–Kier alpha value is -2.19. The number of fused-ring (bicyclic) bond motifs is 1. The van der Waals surface area contributed by atoms with Gasteiger partial charge in [0.25, 0.3) is 0 Å². The van der Waals surface area contributed by atoms with Gasteiger partial charge in [0, 0.05) is 25.6 Å². The Kier molecular flexibility index (Phi) is 4.71. The monoisotopic (exact) mass is 284 g/mol. The molecule has 2 rings (SSSR count). The molecule has 0 aliphatic heterocycles. The summed E-state index contributed by atoms with van der Waals surface area (Å²) in [4.78, 5) is 0. The summed E-state index contributed by atoms with van der Waals surface area (Å²) in [5.41, 5.74) is 1.94. The minimum atomic E-state index is 0.0626. The maximum absolute atomic E-state index is 9.24. The zero-order valence-corrected chi connectivity index (χ0v) is 12.7. The molecule has 5 nitrogen and oxygen atoms in total. The summed E-state index contributed by atoms with van der Waals surface area (Å²) in [6.07, 6.45) is 0.939. The summed E-state index contributed by atoms with van der Waals surface area (Å²) in [6, 6.07) is 9.80. The SMILES string of the molecule is COCCC(C)(C)CNc1c(C#N)nnc2ccccc12. The van der Waals surface area contributed by atoms with Gasteiger partial charge in [0.15, 0.2) is 5.69 Å². The van der Waals surface area contributed by atoms with Gasteiger partial charge < -0.3 is 10.1 Å². The number of anilines is 1. The van der Waals surface area contributed by atoms with Gasteiger partial charge in [-0.15, -0.1) is 10.2 Å². The highest BCUT2D eigenvalue weighted by molar-refractivity contribution is 5.92. The van der Waals surface area contributed by atoms with E-state index < -0.39 is 0 Å². The molecule has 0 aliphatic carbocycles. The highest BCUT2D eigenvalue weighted by Crippen LogP contribution is 2.27. The van der Waals surface area contributed by atoms with E-state index >= 15 is 0 Å². The molecule has 0 aliphatic rings. The van der Waals surface area contributed by atoms with Crippen LogP contribution in [0.4, 0.5) is 5.69 Å². The number of rotatable bonds is 6. The van der Waals surface area contributed by atoms with Crippen LogP contribution in [0.2, 0.25) is 0 Å². The Morgan fingerprint density at radius 1 is 1.29 bits per heavy atom. The molecule has 2 aromatic rings. The van der Waals surface area contributed by atoms with Gasteiger partial charge in [-0.1, -0.05) is 32.0 Å². The lowest BCUT2D eigenvalue weighted by Gasteiger charge is -2.25. The first-order chi connectivity index (χ1) is 10.1. The van der Waals surface area contributed by atoms with Crippen molar-refractivity contribution in [2.45, 2.75) is 20.3 Å². The zero-order valence-electron chi connectivity index (χ0n) is 12.7. The molecule has 1 N–H and O–H groups in total. The number of aromatic nitrogens is 2. The fourth-order valence-electron chi connectivity index (χ4n) is 2.11. The fourth-order valence-corrected chi connectivity index (χ4v) is 2.11. The summed E-state index contributed by atoms with van der Waals surface area (Å²) in [7, 11) is 1.71. The third-order valence-corrected chi connectivity index (χ3v) is 3.50. The van der Waals surface area contributed by atoms with Gasteiger partial charge in [0.1, 0.15) is 6.07 Å². The Balaban J connectivity index is 2.27. The largest absolute Gasteiger partial charge is 0.385 e. The van der Waals surface area contributed by atoms with Crippen LogP contribution in [-0.4, -0.2) is 30.5 Å². The first-order valence-corrected chi connectivity index (χ1v) is 6.96. The normalized spacial score (nSPS) is 11.3. The summed E-state index contributed by atoms with van der Waals surface area (Å²) in [6.45, 7) is 5.79. The number of hydrogen-bond acceptors (Lipinski definition) is 5. The molecule has 0 unspecified atom stereocenters. The quantitative estimate of drug-likeness (QED) is 0.883. The summed E-state index contributed by atoms with van der Waals surface area (Å²) < 4.78 is 5.14. The second-order valence-corrected chi connectivity index (χ2v) is 5.81. The number of benzene rings is 1. The Morgan fingerprint density at radius 2 is 2.05 bits per heavy atom. The van der Waals surface area contributed by atoms with Gasteiger partial charge in [-0.2, -0.15) is 5.26 Å². The smallest absolute Gasteiger partial charge is 0.186 e. The van der Waals surface area contributed by atoms with Crippen molar-refractivity contribution in [3.8, 4) is 6.07 Å². The summed E-state index contributed by atoms with van der Waals surface area (Å²) in [5, 5.41) is 21.6. The van der Waals surface area contributed by atoms with E-state index in [0.717, 1.165) is 36.2 Å². The lowest BCUT2D eigenvalue weighted by molar-refractivity contribution is 0.157. The van der Waals surface area contributed by atoms with E-state index in [1.54, 1.807) is 7.11 Å². The lowest BCUT2D eigenvalue weighted by atomic mass is 9.89. The van der Waals surface area contributed by atoms with Crippen molar-refractivity contribution in [1.82, 2.24) is 10.2 Å². The molecular formula is C16H20N4O. The van der Waals surface area contributed by atoms with Gasteiger partial charge in [-0.25, -0.2) is 0 Å². The molecule has 110 valence electrons. The van der Waals surface area contributed by atoms with E-state index in [2.05, 4.69) is 35.4 Å². The number of nitrogens with zero attached hydrogens (tertiary/aromatic N) is 3. The number of nitriles is 1. The van der Waals surface area contributed by atoms with E-state index in [1.165, 1.54) is 0 Å². The maximum Gasteiger partial charge on any atom is 0.186 e. The lowest BCUT2D eigenvalue weighted by Crippen LogP contribution is -2.25. The highest BCUT2D eigenvalue weighted by Gasteiger charge is 2.19. The van der Waals surface area contributed by atoms with Crippen molar-refractivity contribution in [2.24, 2.45) is 5.41 Å². The van der Waals surface area contributed by atoms with Crippen molar-refractivity contribution in [3.05, 3.63) is 30.0 Å². The molecular weight excluding hydrogens is 264 g/mol. The Bertz CT molecular complexity index is 661. The minimum absolute atomic E-state index is 0.0626. The highest BCUT2D eigenvalue weighted by atomic mass is 16.5. The molecule has 0 amide bonds. The van der Waals surface area contributed by atoms with Gasteiger partial charge in [0.2, 0.25) is 0 Å². The average Bonchev–Trinajstić information content (AvgIpc) is 2.50. The van der Waals surface area contributed by atoms with Crippen LogP contribution >= 0.6 is 0 Å². The number of nitrogens with one attached hydrogen (secondary N) is 1. The molecule has 0 radical (unpaired) electrons. The standard InChI is InChI=1S/C16H20N4O/c1-16(2,8-9-21-3)11-18-15-12-6-4-5-7-13(12)19-20-14(15)10-17/h4-7H,8-9,11H2,1-3H3,(H,18,19). The minimum Gasteiger partial charge on any atom is -0.385 e. The van der Waals surface area contributed by atoms with E-state index in [9.17, 15) is 5.26 Å². The maximum atomic E-state index is 9.24. The molecule has 0 atom stereocenters. The number of methoxy groups -OCH3 is 1. The van der Waals surface area contributed by atoms with Crippen molar-refractivity contribution >= 4 is 16.6 Å². The first-order valence-electron chi connectivity index (χ1n) is 6.96. The number of ether oxygens (including phenoxy) is 1. The van der Waals surface area contributed by atoms with Crippen molar-refractivity contribution in [1.29, 1.82) is 5.26 Å². The van der Waals surface area contributed by atoms with Gasteiger partial charge in [-0.05, 0) is 17.9 Å². The third kappa shape index (κ3) is 3.67. The average molecular weight is 284 g/mol. The molecule has 0 saturated heterocycles. The first kappa shape index (κ1) is 15.2. The Labute approximate surface area is 124 Å². The molecule has 0 saturated carbocycles. The molecule has 5 heteroatoms.